The van der Waals surface area contributed by atoms with Gasteiger partial charge >= 0.3 is 6.09 Å². The molecule has 3 nitrogen and oxygen atoms in total. The van der Waals surface area contributed by atoms with Crippen molar-refractivity contribution in [1.82, 2.24) is 4.90 Å². The summed E-state index contributed by atoms with van der Waals surface area (Å²) in [4.78, 5) is 12.7. The number of likely N-dealkylation sites (N-methyl/N-ethyl adjacent to an activating group) is 1. The minimum atomic E-state index is -0.217. The van der Waals surface area contributed by atoms with Crippen LogP contribution in [0.1, 0.15) is 5.56 Å². The van der Waals surface area contributed by atoms with Gasteiger partial charge in [0.25, 0.3) is 0 Å². The van der Waals surface area contributed by atoms with Crippen molar-refractivity contribution in [2.45, 2.75) is 12.5 Å². The summed E-state index contributed by atoms with van der Waals surface area (Å²) in [6.07, 6.45) is 0.647. The molecule has 0 unspecified atom stereocenters. The quantitative estimate of drug-likeness (QED) is 0.711. The molecule has 1 aromatic rings. The highest BCUT2D eigenvalue weighted by Gasteiger charge is 2.29. The maximum Gasteiger partial charge on any atom is 0.409 e. The number of carbonyl (C=O) groups excluding carboxylic acids is 1. The molecule has 0 bridgehead atoms. The van der Waals surface area contributed by atoms with Gasteiger partial charge < -0.3 is 9.64 Å². The van der Waals surface area contributed by atoms with E-state index in [1.165, 1.54) is 5.56 Å². The highest BCUT2D eigenvalue weighted by Crippen LogP contribution is 2.14. The van der Waals surface area contributed by atoms with E-state index in [9.17, 15) is 4.79 Å². The number of rotatable bonds is 2. The molecule has 0 radical (unpaired) electrons. The zero-order valence-corrected chi connectivity index (χ0v) is 8.14. The molecular formula is C11H13NO2. The Morgan fingerprint density at radius 1 is 1.43 bits per heavy atom. The van der Waals surface area contributed by atoms with Gasteiger partial charge in [-0.15, -0.1) is 0 Å². The summed E-state index contributed by atoms with van der Waals surface area (Å²) in [6, 6.07) is 10.3. The highest BCUT2D eigenvalue weighted by molar-refractivity contribution is 5.69. The Labute approximate surface area is 83.3 Å². The zero-order chi connectivity index (χ0) is 9.97. The molecule has 1 aromatic carbocycles. The van der Waals surface area contributed by atoms with E-state index < -0.39 is 0 Å². The Balaban J connectivity index is 2.02. The van der Waals surface area contributed by atoms with Crippen molar-refractivity contribution >= 4 is 6.09 Å². The van der Waals surface area contributed by atoms with Crippen LogP contribution in [0, 0.1) is 0 Å². The number of amides is 1. The molecule has 0 spiro atoms. The van der Waals surface area contributed by atoms with Crippen LogP contribution in [0.2, 0.25) is 0 Å². The van der Waals surface area contributed by atoms with Crippen LogP contribution in [0.5, 0.6) is 0 Å². The van der Waals surface area contributed by atoms with Gasteiger partial charge in [-0.25, -0.2) is 4.79 Å². The van der Waals surface area contributed by atoms with E-state index in [0.29, 0.717) is 6.61 Å². The first-order valence-electron chi connectivity index (χ1n) is 4.71. The molecule has 1 fully saturated rings. The molecule has 1 aliphatic rings. The average molecular weight is 191 g/mol. The van der Waals surface area contributed by atoms with E-state index in [1.807, 2.05) is 18.2 Å². The maximum atomic E-state index is 11.1. The lowest BCUT2D eigenvalue weighted by molar-refractivity contribution is 0.163. The normalized spacial score (nSPS) is 21.1. The molecular weight excluding hydrogens is 178 g/mol. The summed E-state index contributed by atoms with van der Waals surface area (Å²) >= 11 is 0. The van der Waals surface area contributed by atoms with Gasteiger partial charge in [0.15, 0.2) is 0 Å². The first-order chi connectivity index (χ1) is 6.77. The second-order valence-electron chi connectivity index (χ2n) is 3.53. The standard InChI is InChI=1S/C11H13NO2/c1-12-10(8-14-11(12)13)7-9-5-3-2-4-6-9/h2-6,10H,7-8H2,1H3/t10-/m1/s1. The fourth-order valence-electron chi connectivity index (χ4n) is 1.61. The monoisotopic (exact) mass is 191 g/mol. The Morgan fingerprint density at radius 2 is 2.14 bits per heavy atom. The molecule has 74 valence electrons. The fraction of sp³-hybridized carbons (Fsp3) is 0.364. The molecule has 2 rings (SSSR count). The van der Waals surface area contributed by atoms with Crippen molar-refractivity contribution in [3.05, 3.63) is 35.9 Å². The lowest BCUT2D eigenvalue weighted by Gasteiger charge is -2.15. The summed E-state index contributed by atoms with van der Waals surface area (Å²) in [7, 11) is 1.78. The smallest absolute Gasteiger partial charge is 0.409 e. The van der Waals surface area contributed by atoms with Crippen LogP contribution in [0.4, 0.5) is 4.79 Å². The Kier molecular flexibility index (Phi) is 2.39. The van der Waals surface area contributed by atoms with Crippen molar-refractivity contribution in [3.63, 3.8) is 0 Å². The minimum absolute atomic E-state index is 0.185. The van der Waals surface area contributed by atoms with E-state index in [4.69, 9.17) is 4.74 Å². The van der Waals surface area contributed by atoms with Crippen molar-refractivity contribution in [2.75, 3.05) is 13.7 Å². The average Bonchev–Trinajstić information content (AvgIpc) is 2.52. The van der Waals surface area contributed by atoms with Crippen LogP contribution < -0.4 is 0 Å². The SMILES string of the molecule is CN1C(=O)OC[C@H]1Cc1ccccc1. The Hall–Kier alpha value is -1.51. The fourth-order valence-corrected chi connectivity index (χ4v) is 1.61. The van der Waals surface area contributed by atoms with Gasteiger partial charge in [0.2, 0.25) is 0 Å². The van der Waals surface area contributed by atoms with E-state index in [-0.39, 0.29) is 12.1 Å². The maximum absolute atomic E-state index is 11.1. The molecule has 0 aromatic heterocycles. The third-order valence-electron chi connectivity index (χ3n) is 2.55. The molecule has 1 heterocycles. The second-order valence-corrected chi connectivity index (χ2v) is 3.53. The van der Waals surface area contributed by atoms with Gasteiger partial charge in [0, 0.05) is 7.05 Å². The number of benzene rings is 1. The van der Waals surface area contributed by atoms with Gasteiger partial charge in [-0.3, -0.25) is 0 Å². The summed E-state index contributed by atoms with van der Waals surface area (Å²) in [5, 5.41) is 0. The summed E-state index contributed by atoms with van der Waals surface area (Å²) < 4.78 is 4.94. The number of nitrogens with zero attached hydrogens (tertiary/aromatic N) is 1. The lowest BCUT2D eigenvalue weighted by Crippen LogP contribution is -2.30. The van der Waals surface area contributed by atoms with Gasteiger partial charge in [0.1, 0.15) is 6.61 Å². The van der Waals surface area contributed by atoms with Crippen molar-refractivity contribution in [3.8, 4) is 0 Å². The number of carbonyl (C=O) groups is 1. The third-order valence-corrected chi connectivity index (χ3v) is 2.55. The predicted molar refractivity (Wildman–Crippen MR) is 53.0 cm³/mol. The highest BCUT2D eigenvalue weighted by atomic mass is 16.6. The topological polar surface area (TPSA) is 29.5 Å². The molecule has 0 N–H and O–H groups in total. The largest absolute Gasteiger partial charge is 0.447 e. The number of hydrogen-bond acceptors (Lipinski definition) is 2. The summed E-state index contributed by atoms with van der Waals surface area (Å²) in [5.74, 6) is 0. The van der Waals surface area contributed by atoms with E-state index in [0.717, 1.165) is 6.42 Å². The first-order valence-corrected chi connectivity index (χ1v) is 4.71. The predicted octanol–water partition coefficient (Wildman–Crippen LogP) is 1.68. The molecule has 0 aliphatic carbocycles. The first kappa shape index (κ1) is 9.06. The van der Waals surface area contributed by atoms with Gasteiger partial charge in [0.05, 0.1) is 6.04 Å². The molecule has 3 heteroatoms. The van der Waals surface area contributed by atoms with Gasteiger partial charge in [-0.2, -0.15) is 0 Å². The van der Waals surface area contributed by atoms with Gasteiger partial charge in [-0.1, -0.05) is 30.3 Å². The van der Waals surface area contributed by atoms with E-state index in [1.54, 1.807) is 11.9 Å². The lowest BCUT2D eigenvalue weighted by atomic mass is 10.1. The molecule has 0 saturated carbocycles. The van der Waals surface area contributed by atoms with Crippen LogP contribution in [0.3, 0.4) is 0 Å². The third kappa shape index (κ3) is 1.71. The second kappa shape index (κ2) is 3.70. The molecule has 1 saturated heterocycles. The van der Waals surface area contributed by atoms with Crippen LogP contribution in [-0.4, -0.2) is 30.7 Å². The van der Waals surface area contributed by atoms with Gasteiger partial charge in [-0.05, 0) is 12.0 Å². The summed E-state index contributed by atoms with van der Waals surface area (Å²) in [6.45, 7) is 0.504. The Bertz CT molecular complexity index is 323. The van der Waals surface area contributed by atoms with E-state index in [2.05, 4.69) is 12.1 Å². The number of cyclic esters (lactones) is 1. The molecule has 14 heavy (non-hydrogen) atoms. The van der Waals surface area contributed by atoms with Crippen LogP contribution in [0.15, 0.2) is 30.3 Å². The van der Waals surface area contributed by atoms with E-state index >= 15 is 0 Å². The van der Waals surface area contributed by atoms with Crippen molar-refractivity contribution in [1.29, 1.82) is 0 Å². The molecule has 1 amide bonds. The van der Waals surface area contributed by atoms with Crippen LogP contribution in [-0.2, 0) is 11.2 Å². The molecule has 1 atom stereocenters. The summed E-state index contributed by atoms with van der Waals surface area (Å²) in [5.41, 5.74) is 1.24. The van der Waals surface area contributed by atoms with Crippen molar-refractivity contribution in [2.24, 2.45) is 0 Å². The van der Waals surface area contributed by atoms with Crippen molar-refractivity contribution < 1.29 is 9.53 Å². The molecule has 1 aliphatic heterocycles. The van der Waals surface area contributed by atoms with Crippen LogP contribution in [0.25, 0.3) is 0 Å². The number of hydrogen-bond donors (Lipinski definition) is 0. The van der Waals surface area contributed by atoms with Crippen LogP contribution >= 0.6 is 0 Å². The number of ether oxygens (including phenoxy) is 1. The zero-order valence-electron chi connectivity index (χ0n) is 8.14. The minimum Gasteiger partial charge on any atom is -0.447 e. The Morgan fingerprint density at radius 3 is 2.71 bits per heavy atom.